The number of carbonyl (C=O) groups is 1. The molecule has 0 aliphatic carbocycles. The van der Waals surface area contributed by atoms with Crippen LogP contribution in [0.25, 0.3) is 11.0 Å². The van der Waals surface area contributed by atoms with Crippen molar-refractivity contribution in [2.75, 3.05) is 0 Å². The van der Waals surface area contributed by atoms with Crippen molar-refractivity contribution < 1.29 is 9.18 Å². The first-order chi connectivity index (χ1) is 13.5. The van der Waals surface area contributed by atoms with Gasteiger partial charge in [0, 0.05) is 24.7 Å². The summed E-state index contributed by atoms with van der Waals surface area (Å²) < 4.78 is 15.6. The number of imidazole rings is 1. The van der Waals surface area contributed by atoms with Crippen LogP contribution in [0.1, 0.15) is 53.1 Å². The molecule has 2 unspecified atom stereocenters. The van der Waals surface area contributed by atoms with Gasteiger partial charge in [0.15, 0.2) is 0 Å². The van der Waals surface area contributed by atoms with Crippen LogP contribution in [0.4, 0.5) is 4.39 Å². The average molecular weight is 377 g/mol. The molecule has 0 saturated carbocycles. The lowest BCUT2D eigenvalue weighted by Gasteiger charge is -2.39. The minimum Gasteiger partial charge on any atom is -0.334 e. The molecular formula is C23H24FN3O. The summed E-state index contributed by atoms with van der Waals surface area (Å²) >= 11 is 0. The molecule has 1 amide bonds. The molecule has 0 N–H and O–H groups in total. The fourth-order valence-corrected chi connectivity index (χ4v) is 5.12. The highest BCUT2D eigenvalue weighted by atomic mass is 19.1. The van der Waals surface area contributed by atoms with Crippen LogP contribution in [0.15, 0.2) is 42.7 Å². The summed E-state index contributed by atoms with van der Waals surface area (Å²) in [5, 5.41) is 0. The Kier molecular flexibility index (Phi) is 4.00. The number of aromatic nitrogens is 2. The van der Waals surface area contributed by atoms with Crippen molar-refractivity contribution in [2.45, 2.75) is 50.6 Å². The highest BCUT2D eigenvalue weighted by molar-refractivity contribution is 5.98. The highest BCUT2D eigenvalue weighted by Gasteiger charge is 2.43. The minimum atomic E-state index is -0.149. The van der Waals surface area contributed by atoms with E-state index in [1.807, 2.05) is 48.9 Å². The molecule has 5 heteroatoms. The van der Waals surface area contributed by atoms with E-state index < -0.39 is 0 Å². The van der Waals surface area contributed by atoms with E-state index in [4.69, 9.17) is 0 Å². The Labute approximate surface area is 164 Å². The molecule has 2 fully saturated rings. The molecule has 2 saturated heterocycles. The Hall–Kier alpha value is -2.69. The fourth-order valence-electron chi connectivity index (χ4n) is 5.12. The van der Waals surface area contributed by atoms with Gasteiger partial charge >= 0.3 is 0 Å². The third-order valence-corrected chi connectivity index (χ3v) is 6.59. The van der Waals surface area contributed by atoms with E-state index in [0.29, 0.717) is 11.5 Å². The highest BCUT2D eigenvalue weighted by Crippen LogP contribution is 2.44. The first kappa shape index (κ1) is 17.4. The second-order valence-electron chi connectivity index (χ2n) is 8.33. The number of amides is 1. The maximum Gasteiger partial charge on any atom is 0.254 e. The molecule has 2 atom stereocenters. The van der Waals surface area contributed by atoms with E-state index in [1.165, 1.54) is 5.56 Å². The van der Waals surface area contributed by atoms with E-state index in [1.54, 1.807) is 12.4 Å². The number of fused-ring (bicyclic) bond motifs is 3. The quantitative estimate of drug-likeness (QED) is 0.656. The minimum absolute atomic E-state index is 0.119. The molecule has 28 heavy (non-hydrogen) atoms. The van der Waals surface area contributed by atoms with Gasteiger partial charge in [0.2, 0.25) is 0 Å². The molecule has 3 aromatic rings. The number of nitrogens with zero attached hydrogens (tertiary/aromatic N) is 3. The molecule has 2 aliphatic heterocycles. The van der Waals surface area contributed by atoms with E-state index in [2.05, 4.69) is 9.88 Å². The normalized spacial score (nSPS) is 24.1. The lowest BCUT2D eigenvalue weighted by molar-refractivity contribution is 0.0571. The maximum atomic E-state index is 13.6. The Morgan fingerprint density at radius 3 is 2.57 bits per heavy atom. The first-order valence-corrected chi connectivity index (χ1v) is 10.0. The summed E-state index contributed by atoms with van der Waals surface area (Å²) in [5.74, 6) is 0.372. The van der Waals surface area contributed by atoms with Crippen molar-refractivity contribution >= 4 is 16.9 Å². The molecule has 0 spiro atoms. The van der Waals surface area contributed by atoms with Gasteiger partial charge in [-0.25, -0.2) is 9.37 Å². The van der Waals surface area contributed by atoms with Crippen molar-refractivity contribution in [3.8, 4) is 0 Å². The van der Waals surface area contributed by atoms with Gasteiger partial charge < -0.3 is 9.47 Å². The lowest BCUT2D eigenvalue weighted by Crippen LogP contribution is -2.46. The van der Waals surface area contributed by atoms with Crippen LogP contribution in [0, 0.1) is 12.7 Å². The average Bonchev–Trinajstić information content (AvgIpc) is 3.19. The van der Waals surface area contributed by atoms with Crippen LogP contribution in [0.5, 0.6) is 0 Å². The van der Waals surface area contributed by atoms with Crippen molar-refractivity contribution in [3.63, 3.8) is 0 Å². The second kappa shape index (κ2) is 6.43. The first-order valence-electron chi connectivity index (χ1n) is 10.0. The monoisotopic (exact) mass is 377 g/mol. The summed E-state index contributed by atoms with van der Waals surface area (Å²) in [6.07, 6.45) is 5.80. The largest absolute Gasteiger partial charge is 0.334 e. The predicted molar refractivity (Wildman–Crippen MR) is 107 cm³/mol. The van der Waals surface area contributed by atoms with E-state index in [9.17, 15) is 9.18 Å². The summed E-state index contributed by atoms with van der Waals surface area (Å²) in [6.45, 7) is 1.82. The van der Waals surface area contributed by atoms with Gasteiger partial charge in [0.05, 0.1) is 17.4 Å². The number of hydrogen-bond donors (Lipinski definition) is 0. The number of hydrogen-bond acceptors (Lipinski definition) is 2. The molecule has 4 nitrogen and oxygen atoms in total. The number of aryl methyl sites for hydroxylation is 2. The molecule has 5 rings (SSSR count). The molecule has 144 valence electrons. The molecule has 0 radical (unpaired) electrons. The topological polar surface area (TPSA) is 38.1 Å². The molecule has 2 aromatic carbocycles. The van der Waals surface area contributed by atoms with E-state index in [0.717, 1.165) is 42.3 Å². The van der Waals surface area contributed by atoms with E-state index >= 15 is 0 Å². The van der Waals surface area contributed by atoms with Gasteiger partial charge in [-0.1, -0.05) is 12.1 Å². The van der Waals surface area contributed by atoms with Crippen molar-refractivity contribution in [1.29, 1.82) is 0 Å². The third-order valence-electron chi connectivity index (χ3n) is 6.59. The second-order valence-corrected chi connectivity index (χ2v) is 8.33. The SMILES string of the molecule is Cc1cc(C2CC3CCC(C2)N3C(=O)c2ccc3c(c2)ncn3C)ccc1F. The standard InChI is InChI=1S/C23H24FN3O/c1-14-9-15(3-7-20(14)24)17-10-18-5-6-19(11-17)27(18)23(28)16-4-8-22-21(12-16)25-13-26(22)2/h3-4,7-9,12-13,17-19H,5-6,10-11H2,1-2H3. The smallest absolute Gasteiger partial charge is 0.254 e. The number of rotatable bonds is 2. The maximum absolute atomic E-state index is 13.6. The molecule has 3 heterocycles. The zero-order valence-corrected chi connectivity index (χ0v) is 16.2. The molecular weight excluding hydrogens is 353 g/mol. The fraction of sp³-hybridized carbons (Fsp3) is 0.391. The Balaban J connectivity index is 1.39. The zero-order chi connectivity index (χ0) is 19.4. The van der Waals surface area contributed by atoms with Crippen LogP contribution in [0.3, 0.4) is 0 Å². The van der Waals surface area contributed by atoms with Gasteiger partial charge in [0.1, 0.15) is 5.82 Å². The summed E-state index contributed by atoms with van der Waals surface area (Å²) in [7, 11) is 1.96. The Morgan fingerprint density at radius 2 is 1.86 bits per heavy atom. The van der Waals surface area contributed by atoms with Crippen molar-refractivity contribution in [2.24, 2.45) is 7.05 Å². The summed E-state index contributed by atoms with van der Waals surface area (Å²) in [4.78, 5) is 19.8. The molecule has 1 aromatic heterocycles. The van der Waals surface area contributed by atoms with Crippen molar-refractivity contribution in [3.05, 3.63) is 65.2 Å². The van der Waals surface area contributed by atoms with Gasteiger partial charge in [-0.05, 0) is 73.9 Å². The number of piperidine rings is 1. The van der Waals surface area contributed by atoms with Crippen molar-refractivity contribution in [1.82, 2.24) is 14.5 Å². The Morgan fingerprint density at radius 1 is 1.11 bits per heavy atom. The number of benzene rings is 2. The number of carbonyl (C=O) groups excluding carboxylic acids is 1. The third kappa shape index (κ3) is 2.72. The van der Waals surface area contributed by atoms with E-state index in [-0.39, 0.29) is 23.8 Å². The molecule has 2 bridgehead atoms. The van der Waals surface area contributed by atoms with Crippen LogP contribution in [-0.2, 0) is 7.05 Å². The van der Waals surface area contributed by atoms with Crippen LogP contribution >= 0.6 is 0 Å². The summed E-state index contributed by atoms with van der Waals surface area (Å²) in [5.41, 5.74) is 4.52. The van der Waals surface area contributed by atoms with Gasteiger partial charge in [-0.3, -0.25) is 4.79 Å². The predicted octanol–water partition coefficient (Wildman–Crippen LogP) is 4.57. The van der Waals surface area contributed by atoms with Crippen LogP contribution < -0.4 is 0 Å². The van der Waals surface area contributed by atoms with Gasteiger partial charge in [0.25, 0.3) is 5.91 Å². The number of halogens is 1. The van der Waals surface area contributed by atoms with Crippen LogP contribution in [0.2, 0.25) is 0 Å². The van der Waals surface area contributed by atoms with Gasteiger partial charge in [-0.15, -0.1) is 0 Å². The van der Waals surface area contributed by atoms with Crippen LogP contribution in [-0.4, -0.2) is 32.4 Å². The lowest BCUT2D eigenvalue weighted by atomic mass is 9.84. The molecule has 2 aliphatic rings. The zero-order valence-electron chi connectivity index (χ0n) is 16.2. The summed E-state index contributed by atoms with van der Waals surface area (Å²) in [6, 6.07) is 11.8. The Bertz CT molecular complexity index is 1060. The van der Waals surface area contributed by atoms with Gasteiger partial charge in [-0.2, -0.15) is 0 Å².